The molecule has 1 unspecified atom stereocenters. The molecule has 9 heteroatoms. The lowest BCUT2D eigenvalue weighted by Crippen LogP contribution is -2.43. The van der Waals surface area contributed by atoms with E-state index in [1.807, 2.05) is 31.5 Å². The normalized spacial score (nSPS) is 18.7. The number of hydrogen-bond donors (Lipinski definition) is 2. The molecule has 5 rings (SSSR count). The molecule has 2 fully saturated rings. The van der Waals surface area contributed by atoms with Crippen LogP contribution < -0.4 is 10.2 Å². The number of likely N-dealkylation sites (N-methyl/N-ethyl adjacent to an activating group) is 1. The molecule has 0 aliphatic carbocycles. The Morgan fingerprint density at radius 1 is 0.971 bits per heavy atom. The molecule has 2 saturated heterocycles. The number of anilines is 3. The van der Waals surface area contributed by atoms with Gasteiger partial charge in [0.2, 0.25) is 5.95 Å². The van der Waals surface area contributed by atoms with Crippen molar-refractivity contribution in [2.24, 2.45) is 0 Å². The predicted octanol–water partition coefficient (Wildman–Crippen LogP) is 3.34. The predicted molar refractivity (Wildman–Crippen MR) is 139 cm³/mol. The quantitative estimate of drug-likeness (QED) is 0.532. The first-order valence-electron chi connectivity index (χ1n) is 12.8. The maximum Gasteiger partial charge on any atom is 0.229 e. The van der Waals surface area contributed by atoms with Gasteiger partial charge in [-0.3, -0.25) is 4.90 Å². The van der Waals surface area contributed by atoms with Crippen molar-refractivity contribution in [1.29, 1.82) is 0 Å². The Bertz CT molecular complexity index is 1120. The molecule has 3 aromatic heterocycles. The lowest BCUT2D eigenvalue weighted by Gasteiger charge is -2.32. The van der Waals surface area contributed by atoms with E-state index >= 15 is 0 Å². The van der Waals surface area contributed by atoms with Crippen molar-refractivity contribution in [3.8, 4) is 0 Å². The van der Waals surface area contributed by atoms with E-state index in [9.17, 15) is 5.11 Å². The van der Waals surface area contributed by atoms with Gasteiger partial charge in [0, 0.05) is 63.6 Å². The summed E-state index contributed by atoms with van der Waals surface area (Å²) in [5.74, 6) is 2.06. The van der Waals surface area contributed by atoms with Crippen LogP contribution in [0, 0.1) is 0 Å². The third-order valence-corrected chi connectivity index (χ3v) is 7.02. The summed E-state index contributed by atoms with van der Waals surface area (Å²) >= 11 is 0. The van der Waals surface area contributed by atoms with Crippen molar-refractivity contribution >= 4 is 28.5 Å². The van der Waals surface area contributed by atoms with Gasteiger partial charge in [0.05, 0.1) is 11.8 Å². The average molecular weight is 477 g/mol. The van der Waals surface area contributed by atoms with Gasteiger partial charge in [0.15, 0.2) is 5.82 Å². The van der Waals surface area contributed by atoms with E-state index in [1.165, 1.54) is 12.0 Å². The van der Waals surface area contributed by atoms with E-state index in [4.69, 9.17) is 9.97 Å². The molecular weight excluding hydrogens is 440 g/mol. The molecule has 0 saturated carbocycles. The zero-order valence-corrected chi connectivity index (χ0v) is 20.8. The highest BCUT2D eigenvalue weighted by Gasteiger charge is 2.20. The Morgan fingerprint density at radius 3 is 2.49 bits per heavy atom. The van der Waals surface area contributed by atoms with Crippen LogP contribution in [0.25, 0.3) is 10.9 Å². The molecule has 35 heavy (non-hydrogen) atoms. The first kappa shape index (κ1) is 23.8. The number of nitrogens with zero attached hydrogens (tertiary/aromatic N) is 7. The molecule has 0 spiro atoms. The fourth-order valence-corrected chi connectivity index (χ4v) is 4.78. The Kier molecular flexibility index (Phi) is 7.36. The van der Waals surface area contributed by atoms with Crippen molar-refractivity contribution in [3.05, 3.63) is 41.9 Å². The Morgan fingerprint density at radius 2 is 1.77 bits per heavy atom. The molecule has 2 aliphatic heterocycles. The molecule has 0 radical (unpaired) electrons. The minimum absolute atomic E-state index is 0.501. The molecule has 0 amide bonds. The van der Waals surface area contributed by atoms with Crippen molar-refractivity contribution in [1.82, 2.24) is 29.7 Å². The number of piperidine rings is 1. The third kappa shape index (κ3) is 5.69. The van der Waals surface area contributed by atoms with E-state index in [1.54, 1.807) is 0 Å². The molecular formula is C26H36N8O. The molecule has 1 atom stereocenters. The van der Waals surface area contributed by atoms with Crippen LogP contribution in [0.5, 0.6) is 0 Å². The average Bonchev–Trinajstić information content (AvgIpc) is 2.90. The highest BCUT2D eigenvalue weighted by atomic mass is 16.3. The minimum atomic E-state index is -0.589. The highest BCUT2D eigenvalue weighted by molar-refractivity contribution is 5.89. The summed E-state index contributed by atoms with van der Waals surface area (Å²) in [6, 6.07) is 6.02. The van der Waals surface area contributed by atoms with E-state index in [0.29, 0.717) is 18.1 Å². The number of aromatic nitrogens is 4. The number of hydrogen-bond acceptors (Lipinski definition) is 9. The van der Waals surface area contributed by atoms with Gasteiger partial charge >= 0.3 is 0 Å². The van der Waals surface area contributed by atoms with Crippen LogP contribution in [0.3, 0.4) is 0 Å². The lowest BCUT2D eigenvalue weighted by atomic mass is 10.1. The number of piperazine rings is 1. The van der Waals surface area contributed by atoms with E-state index in [0.717, 1.165) is 81.2 Å². The second-order valence-electron chi connectivity index (χ2n) is 9.73. The van der Waals surface area contributed by atoms with Gasteiger partial charge in [-0.1, -0.05) is 13.0 Å². The van der Waals surface area contributed by atoms with Crippen molar-refractivity contribution in [2.75, 3.05) is 56.5 Å². The number of rotatable bonds is 7. The molecule has 5 heterocycles. The Balaban J connectivity index is 1.35. The number of fused-ring (bicyclic) bond motifs is 1. The summed E-state index contributed by atoms with van der Waals surface area (Å²) in [4.78, 5) is 26.0. The van der Waals surface area contributed by atoms with Crippen LogP contribution in [0.4, 0.5) is 17.6 Å². The Hall–Kier alpha value is -2.88. The van der Waals surface area contributed by atoms with Gasteiger partial charge < -0.3 is 20.2 Å². The summed E-state index contributed by atoms with van der Waals surface area (Å²) in [5, 5.41) is 14.6. The first-order chi connectivity index (χ1) is 17.1. The highest BCUT2D eigenvalue weighted by Crippen LogP contribution is 2.30. The molecule has 2 N–H and O–H groups in total. The van der Waals surface area contributed by atoms with E-state index < -0.39 is 6.10 Å². The summed E-state index contributed by atoms with van der Waals surface area (Å²) in [5.41, 5.74) is 2.70. The first-order valence-corrected chi connectivity index (χ1v) is 12.8. The lowest BCUT2D eigenvalue weighted by molar-refractivity contribution is 0.148. The van der Waals surface area contributed by atoms with Gasteiger partial charge in [-0.2, -0.15) is 0 Å². The van der Waals surface area contributed by atoms with Crippen molar-refractivity contribution in [3.63, 3.8) is 0 Å². The van der Waals surface area contributed by atoms with Gasteiger partial charge in [-0.15, -0.1) is 0 Å². The van der Waals surface area contributed by atoms with Crippen LogP contribution in [0.15, 0.2) is 30.6 Å². The van der Waals surface area contributed by atoms with Crippen LogP contribution in [0.1, 0.15) is 50.0 Å². The molecule has 0 aromatic carbocycles. The summed E-state index contributed by atoms with van der Waals surface area (Å²) in [6.07, 6.45) is 7.30. The smallest absolute Gasteiger partial charge is 0.229 e. The van der Waals surface area contributed by atoms with E-state index in [-0.39, 0.29) is 0 Å². The summed E-state index contributed by atoms with van der Waals surface area (Å²) < 4.78 is 0. The van der Waals surface area contributed by atoms with E-state index in [2.05, 4.69) is 43.1 Å². The molecule has 2 aliphatic rings. The summed E-state index contributed by atoms with van der Waals surface area (Å²) in [6.45, 7) is 9.19. The van der Waals surface area contributed by atoms with Crippen LogP contribution in [0.2, 0.25) is 0 Å². The second-order valence-corrected chi connectivity index (χ2v) is 9.73. The maximum atomic E-state index is 10.5. The fraction of sp³-hybridized carbons (Fsp3) is 0.538. The maximum absolute atomic E-state index is 10.5. The SMILES string of the molecule is CCC(O)c1cc2cnc(Nc3ccc(CN4CCN(C)CC4)cn3)nc2c(N2CCCCC2)n1. The molecule has 186 valence electrons. The topological polar surface area (TPSA) is 93.5 Å². The third-order valence-electron chi connectivity index (χ3n) is 7.02. The van der Waals surface area contributed by atoms with Gasteiger partial charge in [0.25, 0.3) is 0 Å². The molecule has 3 aromatic rings. The standard InChI is InChI=1S/C26H36N8O/c1-3-22(35)21-15-20-17-28-26(31-24(20)25(29-21)34-9-5-4-6-10-34)30-23-8-7-19(16-27-23)18-33-13-11-32(2)12-14-33/h7-8,15-17,22,35H,3-6,9-14,18H2,1-2H3,(H,27,28,30,31). The second kappa shape index (κ2) is 10.8. The van der Waals surface area contributed by atoms with Crippen molar-refractivity contribution in [2.45, 2.75) is 45.3 Å². The number of pyridine rings is 2. The minimum Gasteiger partial charge on any atom is -0.387 e. The van der Waals surface area contributed by atoms with Gasteiger partial charge in [-0.25, -0.2) is 19.9 Å². The fourth-order valence-electron chi connectivity index (χ4n) is 4.78. The Labute approximate surface area is 207 Å². The molecule has 9 nitrogen and oxygen atoms in total. The summed E-state index contributed by atoms with van der Waals surface area (Å²) in [7, 11) is 2.17. The zero-order valence-electron chi connectivity index (χ0n) is 20.8. The van der Waals surface area contributed by atoms with Gasteiger partial charge in [-0.05, 0) is 50.4 Å². The zero-order chi connectivity index (χ0) is 24.2. The van der Waals surface area contributed by atoms with Crippen molar-refractivity contribution < 1.29 is 5.11 Å². The van der Waals surface area contributed by atoms with Crippen LogP contribution in [-0.2, 0) is 6.54 Å². The van der Waals surface area contributed by atoms with Crippen LogP contribution >= 0.6 is 0 Å². The number of aliphatic hydroxyl groups excluding tert-OH is 1. The van der Waals surface area contributed by atoms with Crippen LogP contribution in [-0.4, -0.2) is 81.2 Å². The monoisotopic (exact) mass is 476 g/mol. The van der Waals surface area contributed by atoms with Gasteiger partial charge in [0.1, 0.15) is 11.3 Å². The number of aliphatic hydroxyl groups is 1. The largest absolute Gasteiger partial charge is 0.387 e. The molecule has 0 bridgehead atoms. The number of nitrogens with one attached hydrogen (secondary N) is 1.